The maximum absolute atomic E-state index is 12.6. The summed E-state index contributed by atoms with van der Waals surface area (Å²) < 4.78 is 0. The van der Waals surface area contributed by atoms with Gasteiger partial charge in [-0.15, -0.1) is 0 Å². The molecule has 0 aromatic rings. The van der Waals surface area contributed by atoms with Crippen LogP contribution < -0.4 is 0 Å². The average molecular weight is 251 g/mol. The van der Waals surface area contributed by atoms with Crippen LogP contribution in [0.25, 0.3) is 0 Å². The normalized spacial score (nSPS) is 33.6. The number of carbonyl (C=O) groups excluding carboxylic acids is 1. The highest BCUT2D eigenvalue weighted by molar-refractivity contribution is 5.75. The summed E-state index contributed by atoms with van der Waals surface area (Å²) in [4.78, 5) is 19.4. The predicted molar refractivity (Wildman–Crippen MR) is 71.6 cm³/mol. The van der Waals surface area contributed by atoms with Crippen molar-refractivity contribution in [1.82, 2.24) is 14.7 Å². The van der Waals surface area contributed by atoms with E-state index in [1.807, 2.05) is 0 Å². The summed E-state index contributed by atoms with van der Waals surface area (Å²) in [5.74, 6) is 0. The van der Waals surface area contributed by atoms with Gasteiger partial charge >= 0.3 is 6.03 Å². The minimum atomic E-state index is 0.300. The molecule has 0 aromatic carbocycles. The van der Waals surface area contributed by atoms with E-state index in [4.69, 9.17) is 0 Å². The molecule has 0 saturated carbocycles. The van der Waals surface area contributed by atoms with Crippen LogP contribution in [0.1, 0.15) is 39.0 Å². The highest BCUT2D eigenvalue weighted by Gasteiger charge is 2.37. The summed E-state index contributed by atoms with van der Waals surface area (Å²) in [6, 6.07) is 1.32. The smallest absolute Gasteiger partial charge is 0.320 e. The molecule has 18 heavy (non-hydrogen) atoms. The first-order chi connectivity index (χ1) is 8.75. The second kappa shape index (κ2) is 5.08. The van der Waals surface area contributed by atoms with Crippen LogP contribution in [0.3, 0.4) is 0 Å². The zero-order valence-electron chi connectivity index (χ0n) is 11.5. The number of nitrogens with zero attached hydrogens (tertiary/aromatic N) is 3. The number of piperidine rings is 1. The molecule has 0 aliphatic carbocycles. The van der Waals surface area contributed by atoms with Crippen molar-refractivity contribution < 1.29 is 4.79 Å². The Morgan fingerprint density at radius 2 is 1.78 bits per heavy atom. The van der Waals surface area contributed by atoms with Gasteiger partial charge in [-0.1, -0.05) is 0 Å². The molecule has 3 aliphatic heterocycles. The van der Waals surface area contributed by atoms with Crippen LogP contribution in [0.5, 0.6) is 0 Å². The second-order valence-electron chi connectivity index (χ2n) is 6.12. The van der Waals surface area contributed by atoms with E-state index in [1.165, 1.54) is 38.6 Å². The molecule has 102 valence electrons. The molecule has 4 nitrogen and oxygen atoms in total. The first-order valence-electron chi connectivity index (χ1n) is 7.55. The fourth-order valence-electron chi connectivity index (χ4n) is 3.72. The Balaban J connectivity index is 1.65. The van der Waals surface area contributed by atoms with E-state index in [2.05, 4.69) is 21.6 Å². The highest BCUT2D eigenvalue weighted by atomic mass is 16.2. The van der Waals surface area contributed by atoms with Gasteiger partial charge in [-0.25, -0.2) is 4.79 Å². The molecule has 2 atom stereocenters. The van der Waals surface area contributed by atoms with Gasteiger partial charge in [-0.05, 0) is 45.6 Å². The van der Waals surface area contributed by atoms with Crippen molar-refractivity contribution in [1.29, 1.82) is 0 Å². The maximum Gasteiger partial charge on any atom is 0.320 e. The molecule has 4 heteroatoms. The SMILES string of the molecule is CC1CN2CCCC2CN1C(=O)N1CCCCC1. The van der Waals surface area contributed by atoms with Gasteiger partial charge in [-0.2, -0.15) is 0 Å². The molecule has 0 spiro atoms. The Morgan fingerprint density at radius 1 is 1.00 bits per heavy atom. The summed E-state index contributed by atoms with van der Waals surface area (Å²) in [5, 5.41) is 0. The number of carbonyl (C=O) groups is 1. The van der Waals surface area contributed by atoms with Gasteiger partial charge in [0.1, 0.15) is 0 Å². The zero-order chi connectivity index (χ0) is 12.5. The lowest BCUT2D eigenvalue weighted by Crippen LogP contribution is -2.59. The number of rotatable bonds is 0. The molecule has 3 saturated heterocycles. The molecule has 3 fully saturated rings. The molecular formula is C14H25N3O. The molecule has 0 aromatic heterocycles. The molecule has 0 radical (unpaired) electrons. The van der Waals surface area contributed by atoms with Crippen molar-refractivity contribution in [2.24, 2.45) is 0 Å². The number of amides is 2. The Labute approximate surface area is 110 Å². The fraction of sp³-hybridized carbons (Fsp3) is 0.929. The molecule has 3 rings (SSSR count). The lowest BCUT2D eigenvalue weighted by Gasteiger charge is -2.44. The van der Waals surface area contributed by atoms with Crippen LogP contribution in [-0.2, 0) is 0 Å². The highest BCUT2D eigenvalue weighted by Crippen LogP contribution is 2.25. The van der Waals surface area contributed by atoms with Crippen molar-refractivity contribution in [2.75, 3.05) is 32.7 Å². The van der Waals surface area contributed by atoms with Gasteiger partial charge in [0.2, 0.25) is 0 Å². The van der Waals surface area contributed by atoms with Gasteiger partial charge < -0.3 is 9.80 Å². The summed E-state index contributed by atoms with van der Waals surface area (Å²) in [6.07, 6.45) is 6.24. The Bertz CT molecular complexity index is 314. The number of piperazine rings is 1. The fourth-order valence-corrected chi connectivity index (χ4v) is 3.72. The monoisotopic (exact) mass is 251 g/mol. The zero-order valence-corrected chi connectivity index (χ0v) is 11.5. The minimum Gasteiger partial charge on any atom is -0.325 e. The maximum atomic E-state index is 12.6. The van der Waals surface area contributed by atoms with Crippen LogP contribution in [0.4, 0.5) is 4.79 Å². The van der Waals surface area contributed by atoms with E-state index in [1.54, 1.807) is 0 Å². The number of hydrogen-bond donors (Lipinski definition) is 0. The van der Waals surface area contributed by atoms with Crippen molar-refractivity contribution in [3.8, 4) is 0 Å². The summed E-state index contributed by atoms with van der Waals surface area (Å²) in [7, 11) is 0. The van der Waals surface area contributed by atoms with Crippen molar-refractivity contribution in [3.63, 3.8) is 0 Å². The third-order valence-corrected chi connectivity index (χ3v) is 4.81. The number of likely N-dealkylation sites (tertiary alicyclic amines) is 1. The Morgan fingerprint density at radius 3 is 2.56 bits per heavy atom. The summed E-state index contributed by atoms with van der Waals surface area (Å²) >= 11 is 0. The molecule has 0 N–H and O–H groups in total. The molecule has 2 unspecified atom stereocenters. The largest absolute Gasteiger partial charge is 0.325 e. The van der Waals surface area contributed by atoms with E-state index in [9.17, 15) is 4.79 Å². The molecule has 2 amide bonds. The minimum absolute atomic E-state index is 0.300. The Hall–Kier alpha value is -0.770. The van der Waals surface area contributed by atoms with E-state index in [0.717, 1.165) is 26.2 Å². The summed E-state index contributed by atoms with van der Waals surface area (Å²) in [6.45, 7) is 7.41. The van der Waals surface area contributed by atoms with Crippen molar-refractivity contribution in [3.05, 3.63) is 0 Å². The standard InChI is InChI=1S/C14H25N3O/c1-12-10-16-9-5-6-13(16)11-17(12)14(18)15-7-3-2-4-8-15/h12-13H,2-11H2,1H3. The van der Waals surface area contributed by atoms with E-state index >= 15 is 0 Å². The van der Waals surface area contributed by atoms with Crippen LogP contribution in [-0.4, -0.2) is 65.5 Å². The number of fused-ring (bicyclic) bond motifs is 1. The lowest BCUT2D eigenvalue weighted by molar-refractivity contribution is 0.0602. The van der Waals surface area contributed by atoms with Crippen molar-refractivity contribution in [2.45, 2.75) is 51.1 Å². The number of urea groups is 1. The van der Waals surface area contributed by atoms with Gasteiger partial charge in [0.15, 0.2) is 0 Å². The third kappa shape index (κ3) is 2.22. The molecule has 3 aliphatic rings. The van der Waals surface area contributed by atoms with Crippen LogP contribution >= 0.6 is 0 Å². The van der Waals surface area contributed by atoms with Crippen LogP contribution in [0.2, 0.25) is 0 Å². The lowest BCUT2D eigenvalue weighted by atomic mass is 10.1. The summed E-state index contributed by atoms with van der Waals surface area (Å²) in [5.41, 5.74) is 0. The third-order valence-electron chi connectivity index (χ3n) is 4.81. The molecule has 0 bridgehead atoms. The molecular weight excluding hydrogens is 226 g/mol. The quantitative estimate of drug-likeness (QED) is 0.656. The van der Waals surface area contributed by atoms with Crippen LogP contribution in [0.15, 0.2) is 0 Å². The van der Waals surface area contributed by atoms with E-state index in [0.29, 0.717) is 18.1 Å². The van der Waals surface area contributed by atoms with Gasteiger partial charge in [0.25, 0.3) is 0 Å². The van der Waals surface area contributed by atoms with E-state index in [-0.39, 0.29) is 0 Å². The van der Waals surface area contributed by atoms with Gasteiger partial charge in [0.05, 0.1) is 0 Å². The number of hydrogen-bond acceptors (Lipinski definition) is 2. The average Bonchev–Trinajstić information content (AvgIpc) is 2.85. The van der Waals surface area contributed by atoms with Crippen molar-refractivity contribution >= 4 is 6.03 Å². The van der Waals surface area contributed by atoms with Gasteiger partial charge in [0, 0.05) is 38.3 Å². The topological polar surface area (TPSA) is 26.8 Å². The van der Waals surface area contributed by atoms with Gasteiger partial charge in [-0.3, -0.25) is 4.90 Å². The first-order valence-corrected chi connectivity index (χ1v) is 7.55. The van der Waals surface area contributed by atoms with E-state index < -0.39 is 0 Å². The van der Waals surface area contributed by atoms with Crippen LogP contribution in [0, 0.1) is 0 Å². The first kappa shape index (κ1) is 12.3. The second-order valence-corrected chi connectivity index (χ2v) is 6.12. The Kier molecular flexibility index (Phi) is 3.46. The molecule has 3 heterocycles. The predicted octanol–water partition coefficient (Wildman–Crippen LogP) is 1.76.